The van der Waals surface area contributed by atoms with Gasteiger partial charge in [0.1, 0.15) is 17.8 Å². The van der Waals surface area contributed by atoms with Gasteiger partial charge in [0.25, 0.3) is 0 Å². The van der Waals surface area contributed by atoms with Crippen LogP contribution >= 0.6 is 0 Å². The highest BCUT2D eigenvalue weighted by atomic mass is 16.5. The van der Waals surface area contributed by atoms with Gasteiger partial charge < -0.3 is 10.1 Å². The molecule has 0 spiro atoms. The SMILES string of the molecule is COc1ccc(NC(=O)Cn2nc3c4cc(-c5ccccc5)nn4ccn3c2=O)cc1. The highest BCUT2D eigenvalue weighted by Crippen LogP contribution is 2.21. The standard InChI is InChI=1S/C22H18N6O3/c1-31-17-9-7-16(8-10-17)23-20(29)14-28-22(30)26-11-12-27-19(21(26)25-28)13-18(24-27)15-5-3-2-4-6-15/h2-13H,14H2,1H3,(H,23,29). The zero-order valence-corrected chi connectivity index (χ0v) is 16.6. The third-order valence-electron chi connectivity index (χ3n) is 4.93. The number of aromatic nitrogens is 5. The first kappa shape index (κ1) is 18.6. The Labute approximate surface area is 176 Å². The fraction of sp³-hybridized carbons (Fsp3) is 0.0909. The molecule has 0 radical (unpaired) electrons. The lowest BCUT2D eigenvalue weighted by atomic mass is 10.1. The molecule has 3 heterocycles. The number of nitrogens with zero attached hydrogens (tertiary/aromatic N) is 5. The molecule has 0 bridgehead atoms. The number of amides is 1. The van der Waals surface area contributed by atoms with E-state index in [1.54, 1.807) is 48.3 Å². The van der Waals surface area contributed by atoms with Gasteiger partial charge in [0.05, 0.1) is 12.8 Å². The Morgan fingerprint density at radius 1 is 1.03 bits per heavy atom. The van der Waals surface area contributed by atoms with Crippen LogP contribution in [0.5, 0.6) is 5.75 Å². The molecule has 5 rings (SSSR count). The van der Waals surface area contributed by atoms with Gasteiger partial charge in [0.15, 0.2) is 5.65 Å². The van der Waals surface area contributed by atoms with Crippen molar-refractivity contribution in [2.24, 2.45) is 0 Å². The molecule has 3 aromatic heterocycles. The molecule has 2 aromatic carbocycles. The Balaban J connectivity index is 1.46. The van der Waals surface area contributed by atoms with Gasteiger partial charge in [-0.3, -0.25) is 4.79 Å². The fourth-order valence-electron chi connectivity index (χ4n) is 3.40. The van der Waals surface area contributed by atoms with Crippen LogP contribution in [0.2, 0.25) is 0 Å². The third kappa shape index (κ3) is 3.42. The van der Waals surface area contributed by atoms with E-state index in [9.17, 15) is 9.59 Å². The van der Waals surface area contributed by atoms with Crippen LogP contribution in [0.1, 0.15) is 0 Å². The van der Waals surface area contributed by atoms with Crippen molar-refractivity contribution in [1.82, 2.24) is 23.8 Å². The van der Waals surface area contributed by atoms with E-state index in [1.807, 2.05) is 36.4 Å². The van der Waals surface area contributed by atoms with Crippen LogP contribution in [-0.2, 0) is 11.3 Å². The first-order chi connectivity index (χ1) is 15.1. The van der Waals surface area contributed by atoms with Crippen LogP contribution in [0.3, 0.4) is 0 Å². The van der Waals surface area contributed by atoms with Gasteiger partial charge in [-0.25, -0.2) is 18.4 Å². The average Bonchev–Trinajstić information content (AvgIpc) is 3.36. The van der Waals surface area contributed by atoms with Crippen LogP contribution in [0, 0.1) is 0 Å². The molecule has 1 amide bonds. The topological polar surface area (TPSA) is 94.9 Å². The summed E-state index contributed by atoms with van der Waals surface area (Å²) in [6.45, 7) is -0.210. The number of carbonyl (C=O) groups excluding carboxylic acids is 1. The van der Waals surface area contributed by atoms with Crippen molar-refractivity contribution in [3.8, 4) is 17.0 Å². The predicted molar refractivity (Wildman–Crippen MR) is 115 cm³/mol. The van der Waals surface area contributed by atoms with Crippen LogP contribution in [0.15, 0.2) is 77.9 Å². The molecule has 1 N–H and O–H groups in total. The molecule has 0 aliphatic rings. The van der Waals surface area contributed by atoms with Crippen molar-refractivity contribution in [3.63, 3.8) is 0 Å². The molecule has 0 unspecified atom stereocenters. The Morgan fingerprint density at radius 3 is 2.55 bits per heavy atom. The summed E-state index contributed by atoms with van der Waals surface area (Å²) in [6, 6.07) is 18.6. The molecule has 0 atom stereocenters. The summed E-state index contributed by atoms with van der Waals surface area (Å²) < 4.78 is 9.33. The highest BCUT2D eigenvalue weighted by molar-refractivity contribution is 5.90. The van der Waals surface area contributed by atoms with E-state index < -0.39 is 5.69 Å². The van der Waals surface area contributed by atoms with Gasteiger partial charge in [-0.05, 0) is 30.3 Å². The highest BCUT2D eigenvalue weighted by Gasteiger charge is 2.15. The summed E-state index contributed by atoms with van der Waals surface area (Å²) in [5.41, 5.74) is 3.04. The van der Waals surface area contributed by atoms with Gasteiger partial charge in [-0.15, -0.1) is 5.10 Å². The maximum atomic E-state index is 12.8. The number of fused-ring (bicyclic) bond motifs is 3. The summed E-state index contributed by atoms with van der Waals surface area (Å²) in [5.74, 6) is 0.333. The van der Waals surface area contributed by atoms with E-state index in [-0.39, 0.29) is 12.5 Å². The van der Waals surface area contributed by atoms with E-state index in [0.717, 1.165) is 15.9 Å². The Morgan fingerprint density at radius 2 is 1.81 bits per heavy atom. The van der Waals surface area contributed by atoms with E-state index in [1.165, 1.54) is 4.40 Å². The molecule has 0 saturated carbocycles. The summed E-state index contributed by atoms with van der Waals surface area (Å²) in [4.78, 5) is 25.2. The molecular formula is C22H18N6O3. The van der Waals surface area contributed by atoms with Crippen molar-refractivity contribution in [1.29, 1.82) is 0 Å². The zero-order chi connectivity index (χ0) is 21.4. The quantitative estimate of drug-likeness (QED) is 0.477. The minimum atomic E-state index is -0.398. The fourth-order valence-corrected chi connectivity index (χ4v) is 3.40. The molecule has 9 heteroatoms. The number of rotatable bonds is 5. The lowest BCUT2D eigenvalue weighted by Crippen LogP contribution is -2.28. The number of carbonyl (C=O) groups is 1. The van der Waals surface area contributed by atoms with Crippen LogP contribution in [-0.4, -0.2) is 36.8 Å². The number of hydrogen-bond donors (Lipinski definition) is 1. The third-order valence-corrected chi connectivity index (χ3v) is 4.93. The lowest BCUT2D eigenvalue weighted by molar-refractivity contribution is -0.117. The Hall–Kier alpha value is -4.40. The normalized spacial score (nSPS) is 11.1. The summed E-state index contributed by atoms with van der Waals surface area (Å²) >= 11 is 0. The molecule has 154 valence electrons. The largest absolute Gasteiger partial charge is 0.497 e. The number of anilines is 1. The first-order valence-electron chi connectivity index (χ1n) is 9.59. The monoisotopic (exact) mass is 414 g/mol. The molecule has 9 nitrogen and oxygen atoms in total. The van der Waals surface area contributed by atoms with E-state index >= 15 is 0 Å². The van der Waals surface area contributed by atoms with Crippen molar-refractivity contribution in [2.45, 2.75) is 6.54 Å². The van der Waals surface area contributed by atoms with Crippen molar-refractivity contribution < 1.29 is 9.53 Å². The van der Waals surface area contributed by atoms with Crippen molar-refractivity contribution in [3.05, 3.63) is 83.5 Å². The molecule has 0 aliphatic heterocycles. The number of methoxy groups -OCH3 is 1. The maximum absolute atomic E-state index is 12.8. The van der Waals surface area contributed by atoms with E-state index in [4.69, 9.17) is 4.74 Å². The van der Waals surface area contributed by atoms with Gasteiger partial charge in [0, 0.05) is 23.6 Å². The second kappa shape index (κ2) is 7.45. The number of nitrogens with one attached hydrogen (secondary N) is 1. The summed E-state index contributed by atoms with van der Waals surface area (Å²) in [5, 5.41) is 11.7. The van der Waals surface area contributed by atoms with Gasteiger partial charge in [-0.1, -0.05) is 30.3 Å². The maximum Gasteiger partial charge on any atom is 0.350 e. The molecule has 0 saturated heterocycles. The second-order valence-electron chi connectivity index (χ2n) is 6.93. The molecule has 0 aliphatic carbocycles. The Kier molecular flexibility index (Phi) is 4.47. The van der Waals surface area contributed by atoms with Crippen LogP contribution in [0.25, 0.3) is 22.4 Å². The second-order valence-corrected chi connectivity index (χ2v) is 6.93. The zero-order valence-electron chi connectivity index (χ0n) is 16.6. The summed E-state index contributed by atoms with van der Waals surface area (Å²) in [6.07, 6.45) is 3.29. The number of benzene rings is 2. The molecule has 0 fully saturated rings. The molecule has 5 aromatic rings. The van der Waals surface area contributed by atoms with Crippen molar-refractivity contribution >= 4 is 22.8 Å². The lowest BCUT2D eigenvalue weighted by Gasteiger charge is -2.05. The van der Waals surface area contributed by atoms with Crippen LogP contribution < -0.4 is 15.7 Å². The smallest absolute Gasteiger partial charge is 0.350 e. The first-order valence-corrected chi connectivity index (χ1v) is 9.59. The molecule has 31 heavy (non-hydrogen) atoms. The molecular weight excluding hydrogens is 396 g/mol. The van der Waals surface area contributed by atoms with Gasteiger partial charge in [0.2, 0.25) is 5.91 Å². The van der Waals surface area contributed by atoms with Gasteiger partial charge >= 0.3 is 5.69 Å². The predicted octanol–water partition coefficient (Wildman–Crippen LogP) is 2.46. The number of ether oxygens (including phenoxy) is 1. The Bertz CT molecular complexity index is 1450. The minimum Gasteiger partial charge on any atom is -0.497 e. The van der Waals surface area contributed by atoms with E-state index in [2.05, 4.69) is 15.5 Å². The number of hydrogen-bond acceptors (Lipinski definition) is 5. The van der Waals surface area contributed by atoms with Crippen LogP contribution in [0.4, 0.5) is 5.69 Å². The minimum absolute atomic E-state index is 0.210. The summed E-state index contributed by atoms with van der Waals surface area (Å²) in [7, 11) is 1.57. The van der Waals surface area contributed by atoms with Gasteiger partial charge in [-0.2, -0.15) is 5.10 Å². The average molecular weight is 414 g/mol. The van der Waals surface area contributed by atoms with E-state index in [0.29, 0.717) is 22.6 Å². The van der Waals surface area contributed by atoms with Crippen molar-refractivity contribution in [2.75, 3.05) is 12.4 Å².